The van der Waals surface area contributed by atoms with Gasteiger partial charge in [0.15, 0.2) is 5.96 Å². The highest BCUT2D eigenvalue weighted by Gasteiger charge is 2.07. The van der Waals surface area contributed by atoms with Gasteiger partial charge >= 0.3 is 0 Å². The van der Waals surface area contributed by atoms with Crippen LogP contribution < -0.4 is 20.1 Å². The molecular weight excluding hydrogens is 481 g/mol. The molecule has 29 heavy (non-hydrogen) atoms. The van der Waals surface area contributed by atoms with Gasteiger partial charge in [-0.2, -0.15) is 5.10 Å². The summed E-state index contributed by atoms with van der Waals surface area (Å²) in [5, 5.41) is 11.0. The Morgan fingerprint density at radius 1 is 1.03 bits per heavy atom. The number of nitrogens with zero attached hydrogens (tertiary/aromatic N) is 3. The number of ether oxygens (including phenoxy) is 2. The molecule has 0 aliphatic rings. The average Bonchev–Trinajstić information content (AvgIpc) is 3.23. The number of halogens is 1. The maximum absolute atomic E-state index is 5.44. The van der Waals surface area contributed by atoms with E-state index in [0.717, 1.165) is 28.3 Å². The van der Waals surface area contributed by atoms with E-state index in [0.29, 0.717) is 19.0 Å². The average molecular weight is 507 g/mol. The second kappa shape index (κ2) is 11.3. The quantitative estimate of drug-likeness (QED) is 0.292. The summed E-state index contributed by atoms with van der Waals surface area (Å²) in [5.41, 5.74) is 3.11. The number of hydrogen-bond donors (Lipinski definition) is 2. The Kier molecular flexibility index (Phi) is 8.78. The number of para-hydroxylation sites is 1. The Bertz CT molecular complexity index is 928. The van der Waals surface area contributed by atoms with E-state index in [1.165, 1.54) is 0 Å². The molecule has 7 nitrogen and oxygen atoms in total. The molecule has 3 rings (SSSR count). The lowest BCUT2D eigenvalue weighted by molar-refractivity contribution is 0.390. The van der Waals surface area contributed by atoms with Crippen LogP contribution in [0.2, 0.25) is 0 Å². The number of rotatable bonds is 7. The molecule has 154 valence electrons. The SMILES string of the molecule is CN=C(NCc1cnn(-c2ccccc2)c1)NCc1ccc(OC)cc1OC.I. The molecule has 2 aromatic carbocycles. The fraction of sp³-hybridized carbons (Fsp3) is 0.238. The Hall–Kier alpha value is -2.75. The van der Waals surface area contributed by atoms with Crippen LogP contribution in [0.4, 0.5) is 0 Å². The molecule has 0 saturated heterocycles. The first kappa shape index (κ1) is 22.5. The third-order valence-corrected chi connectivity index (χ3v) is 4.28. The highest BCUT2D eigenvalue weighted by atomic mass is 127. The van der Waals surface area contributed by atoms with Crippen molar-refractivity contribution < 1.29 is 9.47 Å². The number of aromatic nitrogens is 2. The highest BCUT2D eigenvalue weighted by Crippen LogP contribution is 2.24. The lowest BCUT2D eigenvalue weighted by Gasteiger charge is -2.14. The fourth-order valence-electron chi connectivity index (χ4n) is 2.76. The van der Waals surface area contributed by atoms with Crippen molar-refractivity contribution in [1.82, 2.24) is 20.4 Å². The summed E-state index contributed by atoms with van der Waals surface area (Å²) >= 11 is 0. The normalized spacial score (nSPS) is 10.8. The number of aliphatic imine (C=N–C) groups is 1. The predicted octanol–water partition coefficient (Wildman–Crippen LogP) is 3.37. The summed E-state index contributed by atoms with van der Waals surface area (Å²) in [6, 6.07) is 15.8. The number of benzene rings is 2. The zero-order chi connectivity index (χ0) is 19.8. The van der Waals surface area contributed by atoms with Gasteiger partial charge in [-0.05, 0) is 24.3 Å². The maximum Gasteiger partial charge on any atom is 0.191 e. The first-order chi connectivity index (χ1) is 13.7. The van der Waals surface area contributed by atoms with Gasteiger partial charge in [0.05, 0.1) is 26.1 Å². The molecule has 0 amide bonds. The van der Waals surface area contributed by atoms with Crippen molar-refractivity contribution in [1.29, 1.82) is 0 Å². The Morgan fingerprint density at radius 3 is 2.48 bits per heavy atom. The van der Waals surface area contributed by atoms with E-state index in [2.05, 4.69) is 20.7 Å². The molecule has 0 fully saturated rings. The second-order valence-corrected chi connectivity index (χ2v) is 6.09. The van der Waals surface area contributed by atoms with Crippen LogP contribution in [0.3, 0.4) is 0 Å². The van der Waals surface area contributed by atoms with Gasteiger partial charge in [0.2, 0.25) is 0 Å². The molecule has 0 saturated carbocycles. The minimum Gasteiger partial charge on any atom is -0.497 e. The van der Waals surface area contributed by atoms with E-state index in [1.54, 1.807) is 21.3 Å². The minimum atomic E-state index is 0. The summed E-state index contributed by atoms with van der Waals surface area (Å²) in [6.07, 6.45) is 3.85. The van der Waals surface area contributed by atoms with Gasteiger partial charge < -0.3 is 20.1 Å². The van der Waals surface area contributed by atoms with Crippen LogP contribution in [-0.4, -0.2) is 37.0 Å². The number of hydrogen-bond acceptors (Lipinski definition) is 4. The first-order valence-electron chi connectivity index (χ1n) is 8.98. The van der Waals surface area contributed by atoms with Crippen LogP contribution >= 0.6 is 24.0 Å². The van der Waals surface area contributed by atoms with Gasteiger partial charge in [0.25, 0.3) is 0 Å². The summed E-state index contributed by atoms with van der Waals surface area (Å²) < 4.78 is 12.5. The summed E-state index contributed by atoms with van der Waals surface area (Å²) in [5.74, 6) is 2.23. The minimum absolute atomic E-state index is 0. The maximum atomic E-state index is 5.44. The molecule has 0 atom stereocenters. The van der Waals surface area contributed by atoms with Crippen LogP contribution in [-0.2, 0) is 13.1 Å². The monoisotopic (exact) mass is 507 g/mol. The summed E-state index contributed by atoms with van der Waals surface area (Å²) in [6.45, 7) is 1.20. The van der Waals surface area contributed by atoms with E-state index >= 15 is 0 Å². The molecule has 0 aliphatic carbocycles. The van der Waals surface area contributed by atoms with Crippen LogP contribution in [0.15, 0.2) is 65.9 Å². The third kappa shape index (κ3) is 6.11. The molecule has 0 radical (unpaired) electrons. The molecule has 0 bridgehead atoms. The van der Waals surface area contributed by atoms with Crippen molar-refractivity contribution in [2.45, 2.75) is 13.1 Å². The number of nitrogens with one attached hydrogen (secondary N) is 2. The Morgan fingerprint density at radius 2 is 1.79 bits per heavy atom. The third-order valence-electron chi connectivity index (χ3n) is 4.28. The van der Waals surface area contributed by atoms with Gasteiger partial charge in [-0.1, -0.05) is 18.2 Å². The summed E-state index contributed by atoms with van der Waals surface area (Å²) in [7, 11) is 5.03. The van der Waals surface area contributed by atoms with E-state index in [1.807, 2.05) is 65.6 Å². The molecule has 3 aromatic rings. The van der Waals surface area contributed by atoms with Crippen molar-refractivity contribution >= 4 is 29.9 Å². The lowest BCUT2D eigenvalue weighted by Crippen LogP contribution is -2.36. The topological polar surface area (TPSA) is 72.7 Å². The summed E-state index contributed by atoms with van der Waals surface area (Å²) in [4.78, 5) is 4.27. The van der Waals surface area contributed by atoms with E-state index < -0.39 is 0 Å². The standard InChI is InChI=1S/C21H25N5O2.HI/c1-22-21(24-14-17-9-10-19(27-2)11-20(17)28-3)23-12-16-13-25-26(15-16)18-7-5-4-6-8-18;/h4-11,13,15H,12,14H2,1-3H3,(H2,22,23,24);1H. The van der Waals surface area contributed by atoms with Crippen molar-refractivity contribution in [3.05, 3.63) is 72.1 Å². The van der Waals surface area contributed by atoms with Crippen LogP contribution in [0, 0.1) is 0 Å². The Labute approximate surface area is 188 Å². The van der Waals surface area contributed by atoms with Gasteiger partial charge in [0, 0.05) is 43.5 Å². The molecule has 0 aliphatic heterocycles. The van der Waals surface area contributed by atoms with Crippen molar-refractivity contribution in [2.24, 2.45) is 4.99 Å². The van der Waals surface area contributed by atoms with Crippen LogP contribution in [0.1, 0.15) is 11.1 Å². The largest absolute Gasteiger partial charge is 0.497 e. The first-order valence-corrected chi connectivity index (χ1v) is 8.98. The van der Waals surface area contributed by atoms with Crippen LogP contribution in [0.5, 0.6) is 11.5 Å². The smallest absolute Gasteiger partial charge is 0.191 e. The van der Waals surface area contributed by atoms with Gasteiger partial charge in [-0.15, -0.1) is 24.0 Å². The van der Waals surface area contributed by atoms with Crippen molar-refractivity contribution in [2.75, 3.05) is 21.3 Å². The highest BCUT2D eigenvalue weighted by molar-refractivity contribution is 14.0. The molecule has 1 aromatic heterocycles. The predicted molar refractivity (Wildman–Crippen MR) is 126 cm³/mol. The molecule has 0 spiro atoms. The van der Waals surface area contributed by atoms with Crippen molar-refractivity contribution in [3.8, 4) is 17.2 Å². The number of guanidine groups is 1. The fourth-order valence-corrected chi connectivity index (χ4v) is 2.76. The van der Waals surface area contributed by atoms with Gasteiger partial charge in [-0.25, -0.2) is 4.68 Å². The van der Waals surface area contributed by atoms with Gasteiger partial charge in [0.1, 0.15) is 11.5 Å². The Balaban J connectivity index is 0.00000300. The number of methoxy groups -OCH3 is 2. The van der Waals surface area contributed by atoms with Crippen molar-refractivity contribution in [3.63, 3.8) is 0 Å². The van der Waals surface area contributed by atoms with E-state index in [-0.39, 0.29) is 24.0 Å². The van der Waals surface area contributed by atoms with E-state index in [9.17, 15) is 0 Å². The second-order valence-electron chi connectivity index (χ2n) is 6.09. The van der Waals surface area contributed by atoms with Crippen LogP contribution in [0.25, 0.3) is 5.69 Å². The molecular formula is C21H26IN5O2. The molecule has 2 N–H and O–H groups in total. The molecule has 0 unspecified atom stereocenters. The molecule has 1 heterocycles. The van der Waals surface area contributed by atoms with Gasteiger partial charge in [-0.3, -0.25) is 4.99 Å². The molecule has 8 heteroatoms. The zero-order valence-electron chi connectivity index (χ0n) is 16.8. The lowest BCUT2D eigenvalue weighted by atomic mass is 10.2. The van der Waals surface area contributed by atoms with E-state index in [4.69, 9.17) is 9.47 Å². The zero-order valence-corrected chi connectivity index (χ0v) is 19.1.